The number of unbranched alkanes of at least 4 members (excludes halogenated alkanes) is 22. The third kappa shape index (κ3) is 26.3. The second-order valence-corrected chi connectivity index (χ2v) is 11.0. The maximum absolute atomic E-state index is 2.36. The van der Waals surface area contributed by atoms with Crippen LogP contribution in [0.5, 0.6) is 0 Å². The lowest BCUT2D eigenvalue weighted by molar-refractivity contribution is 0.370. The first-order valence-corrected chi connectivity index (χ1v) is 15.8. The van der Waals surface area contributed by atoms with Gasteiger partial charge in [-0.2, -0.15) is 0 Å². The van der Waals surface area contributed by atoms with Gasteiger partial charge < -0.3 is 0 Å². The van der Waals surface area contributed by atoms with Crippen molar-refractivity contribution in [3.05, 3.63) is 0 Å². The Bertz CT molecular complexity index is 307. The van der Waals surface area contributed by atoms with Crippen LogP contribution in [0.1, 0.15) is 201 Å². The van der Waals surface area contributed by atoms with Crippen molar-refractivity contribution in [2.75, 3.05) is 0 Å². The van der Waals surface area contributed by atoms with Gasteiger partial charge in [0, 0.05) is 0 Å². The van der Waals surface area contributed by atoms with Crippen molar-refractivity contribution in [2.45, 2.75) is 201 Å². The minimum absolute atomic E-state index is 1.04. The van der Waals surface area contributed by atoms with Gasteiger partial charge in [-0.25, -0.2) is 0 Å². The van der Waals surface area contributed by atoms with Crippen molar-refractivity contribution in [3.8, 4) is 0 Å². The summed E-state index contributed by atoms with van der Waals surface area (Å²) >= 11 is 0. The molecule has 0 rings (SSSR count). The van der Waals surface area contributed by atoms with E-state index in [2.05, 4.69) is 20.8 Å². The molecule has 0 aromatic heterocycles. The quantitative estimate of drug-likeness (QED) is 0.104. The molecule has 0 aliphatic heterocycles. The fourth-order valence-electron chi connectivity index (χ4n) is 5.30. The Labute approximate surface area is 206 Å². The molecule has 0 saturated heterocycles. The van der Waals surface area contributed by atoms with Crippen molar-refractivity contribution >= 4 is 0 Å². The molecule has 0 aliphatic rings. The van der Waals surface area contributed by atoms with E-state index < -0.39 is 0 Å². The monoisotopic (exact) mass is 451 g/mol. The molecule has 194 valence electrons. The largest absolute Gasteiger partial charge is 0.0654 e. The molecule has 0 aromatic rings. The Balaban J connectivity index is 3.45. The minimum Gasteiger partial charge on any atom is -0.0654 e. The normalized spacial score (nSPS) is 12.5. The van der Waals surface area contributed by atoms with Crippen LogP contribution in [0.2, 0.25) is 0 Å². The molecule has 0 aliphatic carbocycles. The van der Waals surface area contributed by atoms with Gasteiger partial charge in [-0.1, -0.05) is 201 Å². The van der Waals surface area contributed by atoms with Gasteiger partial charge in [-0.3, -0.25) is 0 Å². The van der Waals surface area contributed by atoms with Gasteiger partial charge in [0.2, 0.25) is 0 Å². The number of rotatable bonds is 28. The minimum atomic E-state index is 1.04. The van der Waals surface area contributed by atoms with Gasteiger partial charge in [-0.05, 0) is 5.92 Å². The van der Waals surface area contributed by atoms with E-state index in [0.29, 0.717) is 0 Å². The zero-order valence-corrected chi connectivity index (χ0v) is 23.4. The summed E-state index contributed by atoms with van der Waals surface area (Å²) in [5.41, 5.74) is 0. The van der Waals surface area contributed by atoms with Crippen molar-refractivity contribution in [1.82, 2.24) is 0 Å². The summed E-state index contributed by atoms with van der Waals surface area (Å²) in [6.45, 7) is 6.99. The highest BCUT2D eigenvalue weighted by Gasteiger charge is 2.08. The third-order valence-electron chi connectivity index (χ3n) is 7.65. The van der Waals surface area contributed by atoms with E-state index in [4.69, 9.17) is 0 Å². The summed E-state index contributed by atoms with van der Waals surface area (Å²) in [6, 6.07) is 0. The summed E-state index contributed by atoms with van der Waals surface area (Å²) < 4.78 is 0. The number of hydrogen-bond donors (Lipinski definition) is 0. The van der Waals surface area contributed by atoms with Crippen LogP contribution < -0.4 is 0 Å². The Morgan fingerprint density at radius 1 is 0.250 bits per heavy atom. The van der Waals surface area contributed by atoms with Crippen LogP contribution >= 0.6 is 0 Å². The fourth-order valence-corrected chi connectivity index (χ4v) is 5.30. The molecule has 0 nitrogen and oxygen atoms in total. The van der Waals surface area contributed by atoms with Gasteiger partial charge in [0.1, 0.15) is 0 Å². The van der Waals surface area contributed by atoms with Crippen LogP contribution in [-0.4, -0.2) is 0 Å². The Morgan fingerprint density at radius 3 is 0.750 bits per heavy atom. The van der Waals surface area contributed by atoms with E-state index in [9.17, 15) is 0 Å². The van der Waals surface area contributed by atoms with Crippen LogP contribution in [-0.2, 0) is 0 Å². The summed E-state index contributed by atoms with van der Waals surface area (Å²) in [5.74, 6) is 1.04. The zero-order chi connectivity index (χ0) is 23.4. The summed E-state index contributed by atoms with van der Waals surface area (Å²) in [5, 5.41) is 0. The van der Waals surface area contributed by atoms with E-state index in [1.165, 1.54) is 180 Å². The van der Waals surface area contributed by atoms with Crippen LogP contribution in [0.4, 0.5) is 0 Å². The molecule has 0 bridgehead atoms. The van der Waals surface area contributed by atoms with Crippen molar-refractivity contribution < 1.29 is 0 Å². The van der Waals surface area contributed by atoms with E-state index >= 15 is 0 Å². The first-order valence-electron chi connectivity index (χ1n) is 15.8. The van der Waals surface area contributed by atoms with Crippen LogP contribution in [0.3, 0.4) is 0 Å². The second-order valence-electron chi connectivity index (χ2n) is 11.0. The average molecular weight is 451 g/mol. The molecular weight excluding hydrogens is 384 g/mol. The van der Waals surface area contributed by atoms with E-state index in [1.807, 2.05) is 0 Å². The lowest BCUT2D eigenvalue weighted by Crippen LogP contribution is -2.01. The maximum Gasteiger partial charge on any atom is -0.0414 e. The Hall–Kier alpha value is 0. The Morgan fingerprint density at radius 2 is 0.469 bits per heavy atom. The predicted octanol–water partition coefficient (Wildman–Crippen LogP) is 12.6. The number of hydrogen-bond acceptors (Lipinski definition) is 0. The Kier molecular flexibility index (Phi) is 29.0. The first kappa shape index (κ1) is 32.0. The average Bonchev–Trinajstić information content (AvgIpc) is 2.81. The molecule has 0 saturated carbocycles. The maximum atomic E-state index is 2.36. The van der Waals surface area contributed by atoms with Crippen molar-refractivity contribution in [1.29, 1.82) is 0 Å². The third-order valence-corrected chi connectivity index (χ3v) is 7.65. The van der Waals surface area contributed by atoms with Crippen LogP contribution in [0.25, 0.3) is 0 Å². The molecule has 0 fully saturated rings. The standard InChI is InChI=1S/C32H66/c1-4-7-10-12-14-16-17-18-19-20-21-22-24-26-28-31-32(29-9-6-3)30-27-25-23-15-13-11-8-5-2/h32H,4-31H2,1-3H3. The molecule has 0 heterocycles. The molecular formula is C32H66. The van der Waals surface area contributed by atoms with E-state index in [-0.39, 0.29) is 0 Å². The van der Waals surface area contributed by atoms with Crippen molar-refractivity contribution in [2.24, 2.45) is 5.92 Å². The molecule has 0 amide bonds. The van der Waals surface area contributed by atoms with E-state index in [1.54, 1.807) is 0 Å². The second kappa shape index (κ2) is 29.0. The summed E-state index contributed by atoms with van der Waals surface area (Å²) in [4.78, 5) is 0. The fraction of sp³-hybridized carbons (Fsp3) is 1.00. The lowest BCUT2D eigenvalue weighted by Gasteiger charge is -2.16. The molecule has 0 heteroatoms. The molecule has 32 heavy (non-hydrogen) atoms. The lowest BCUT2D eigenvalue weighted by atomic mass is 9.90. The van der Waals surface area contributed by atoms with Crippen LogP contribution in [0.15, 0.2) is 0 Å². The summed E-state index contributed by atoms with van der Waals surface area (Å²) in [6.07, 6.45) is 41.3. The predicted molar refractivity (Wildman–Crippen MR) is 150 cm³/mol. The topological polar surface area (TPSA) is 0 Å². The first-order chi connectivity index (χ1) is 15.8. The highest BCUT2D eigenvalue weighted by atomic mass is 14.1. The van der Waals surface area contributed by atoms with Crippen molar-refractivity contribution in [3.63, 3.8) is 0 Å². The molecule has 1 atom stereocenters. The highest BCUT2D eigenvalue weighted by molar-refractivity contribution is 4.61. The van der Waals surface area contributed by atoms with Gasteiger partial charge in [0.15, 0.2) is 0 Å². The summed E-state index contributed by atoms with van der Waals surface area (Å²) in [7, 11) is 0. The zero-order valence-electron chi connectivity index (χ0n) is 23.4. The van der Waals surface area contributed by atoms with Crippen LogP contribution in [0, 0.1) is 5.92 Å². The smallest absolute Gasteiger partial charge is 0.0414 e. The SMILES string of the molecule is CCCCCCCCCCCCCCCCCC(CCCC)CCCCCCCCCC. The van der Waals surface area contributed by atoms with Gasteiger partial charge in [0.25, 0.3) is 0 Å². The molecule has 0 N–H and O–H groups in total. The highest BCUT2D eigenvalue weighted by Crippen LogP contribution is 2.24. The molecule has 0 radical (unpaired) electrons. The van der Waals surface area contributed by atoms with Gasteiger partial charge in [-0.15, -0.1) is 0 Å². The van der Waals surface area contributed by atoms with Gasteiger partial charge in [0.05, 0.1) is 0 Å². The van der Waals surface area contributed by atoms with E-state index in [0.717, 1.165) is 5.92 Å². The molecule has 0 spiro atoms. The molecule has 1 unspecified atom stereocenters. The molecule has 0 aromatic carbocycles. The van der Waals surface area contributed by atoms with Gasteiger partial charge >= 0.3 is 0 Å².